The Balaban J connectivity index is 1.13. The van der Waals surface area contributed by atoms with Crippen LogP contribution in [0.4, 0.5) is 17.1 Å². The second kappa shape index (κ2) is 11.7. The minimum absolute atomic E-state index is 1.12. The maximum atomic E-state index is 2.39. The highest BCUT2D eigenvalue weighted by Gasteiger charge is 2.17. The predicted molar refractivity (Wildman–Crippen MR) is 217 cm³/mol. The molecular weight excluding hydrogens is 623 g/mol. The van der Waals surface area contributed by atoms with Crippen LogP contribution < -0.4 is 4.90 Å². The summed E-state index contributed by atoms with van der Waals surface area (Å²) in [7, 11) is 0. The summed E-state index contributed by atoms with van der Waals surface area (Å²) in [6.45, 7) is 0. The molecule has 0 atom stereocenters. The van der Waals surface area contributed by atoms with Crippen molar-refractivity contribution in [3.8, 4) is 22.3 Å². The van der Waals surface area contributed by atoms with Crippen molar-refractivity contribution in [1.29, 1.82) is 0 Å². The van der Waals surface area contributed by atoms with Gasteiger partial charge in [0.15, 0.2) is 0 Å². The van der Waals surface area contributed by atoms with Gasteiger partial charge in [-0.15, -0.1) is 11.3 Å². The highest BCUT2D eigenvalue weighted by atomic mass is 32.1. The molecule has 0 N–H and O–H groups in total. The molecule has 0 aliphatic heterocycles. The lowest BCUT2D eigenvalue weighted by Gasteiger charge is -2.27. The summed E-state index contributed by atoms with van der Waals surface area (Å²) in [4.78, 5) is 2.39. The molecule has 0 bridgehead atoms. The Labute approximate surface area is 294 Å². The number of hydrogen-bond acceptors (Lipinski definition) is 2. The lowest BCUT2D eigenvalue weighted by atomic mass is 9.95. The molecule has 50 heavy (non-hydrogen) atoms. The first-order chi connectivity index (χ1) is 24.8. The van der Waals surface area contributed by atoms with Crippen molar-refractivity contribution in [2.24, 2.45) is 0 Å². The first-order valence-electron chi connectivity index (χ1n) is 17.1. The van der Waals surface area contributed by atoms with Gasteiger partial charge in [0.25, 0.3) is 0 Å². The third-order valence-corrected chi connectivity index (χ3v) is 11.1. The fourth-order valence-corrected chi connectivity index (χ4v) is 8.82. The number of rotatable bonds is 5. The largest absolute Gasteiger partial charge is 0.310 e. The lowest BCUT2D eigenvalue weighted by molar-refractivity contribution is 1.29. The third kappa shape index (κ3) is 4.76. The van der Waals surface area contributed by atoms with E-state index in [0.29, 0.717) is 0 Å². The lowest BCUT2D eigenvalue weighted by Crippen LogP contribution is -2.10. The van der Waals surface area contributed by atoms with Crippen molar-refractivity contribution in [2.75, 3.05) is 4.90 Å². The average molecular weight is 654 g/mol. The molecule has 0 saturated heterocycles. The number of nitrogens with zero attached hydrogens (tertiary/aromatic N) is 1. The minimum atomic E-state index is 1.12. The zero-order valence-corrected chi connectivity index (χ0v) is 28.1. The van der Waals surface area contributed by atoms with Gasteiger partial charge in [0.2, 0.25) is 0 Å². The first kappa shape index (κ1) is 28.8. The molecule has 0 aliphatic carbocycles. The van der Waals surface area contributed by atoms with Crippen molar-refractivity contribution in [3.05, 3.63) is 188 Å². The summed E-state index contributed by atoms with van der Waals surface area (Å²) in [6.07, 6.45) is 0. The maximum Gasteiger partial charge on any atom is 0.0468 e. The van der Waals surface area contributed by atoms with Crippen molar-refractivity contribution >= 4 is 80.9 Å². The van der Waals surface area contributed by atoms with Gasteiger partial charge in [0.05, 0.1) is 0 Å². The topological polar surface area (TPSA) is 3.24 Å². The first-order valence-corrected chi connectivity index (χ1v) is 17.9. The van der Waals surface area contributed by atoms with Crippen LogP contribution >= 0.6 is 11.3 Å². The third-order valence-electron chi connectivity index (χ3n) is 10.0. The summed E-state index contributed by atoms with van der Waals surface area (Å²) in [5.74, 6) is 0. The predicted octanol–water partition coefficient (Wildman–Crippen LogP) is 14.3. The Kier molecular flexibility index (Phi) is 6.75. The number of anilines is 3. The van der Waals surface area contributed by atoms with E-state index in [0.717, 1.165) is 17.1 Å². The van der Waals surface area contributed by atoms with E-state index in [-0.39, 0.29) is 0 Å². The molecule has 10 aromatic rings. The van der Waals surface area contributed by atoms with E-state index >= 15 is 0 Å². The van der Waals surface area contributed by atoms with Crippen LogP contribution in [0.3, 0.4) is 0 Å². The molecule has 0 saturated carbocycles. The summed E-state index contributed by atoms with van der Waals surface area (Å²) in [5, 5.41) is 10.3. The highest BCUT2D eigenvalue weighted by molar-refractivity contribution is 7.26. The van der Waals surface area contributed by atoms with Crippen LogP contribution in [0.15, 0.2) is 188 Å². The SMILES string of the molecule is c1ccc(-c2cccc(N(c3ccc(-c4cc5sc6ccccc6c5c5ccccc45)cc3)c3ccc4c(ccc5ccccc54)c3)c2)cc1. The average Bonchev–Trinajstić information content (AvgIpc) is 3.57. The molecule has 0 radical (unpaired) electrons. The molecule has 10 rings (SSSR count). The number of hydrogen-bond donors (Lipinski definition) is 0. The molecule has 0 aliphatic rings. The maximum absolute atomic E-state index is 2.39. The van der Waals surface area contributed by atoms with Gasteiger partial charge in [0.1, 0.15) is 0 Å². The van der Waals surface area contributed by atoms with Crippen molar-refractivity contribution in [2.45, 2.75) is 0 Å². The molecule has 0 amide bonds. The second-order valence-electron chi connectivity index (χ2n) is 12.9. The van der Waals surface area contributed by atoms with Crippen molar-refractivity contribution in [3.63, 3.8) is 0 Å². The Morgan fingerprint density at radius 1 is 0.320 bits per heavy atom. The Bertz CT molecular complexity index is 2870. The van der Waals surface area contributed by atoms with Crippen LogP contribution in [0.25, 0.3) is 74.7 Å². The molecule has 234 valence electrons. The van der Waals surface area contributed by atoms with E-state index in [1.54, 1.807) is 0 Å². The molecule has 1 aromatic heterocycles. The van der Waals surface area contributed by atoms with E-state index < -0.39 is 0 Å². The normalized spacial score (nSPS) is 11.6. The van der Waals surface area contributed by atoms with Crippen LogP contribution in [0.5, 0.6) is 0 Å². The van der Waals surface area contributed by atoms with Gasteiger partial charge in [-0.1, -0.05) is 140 Å². The molecule has 2 heteroatoms. The molecule has 0 fully saturated rings. The summed E-state index contributed by atoms with van der Waals surface area (Å²) < 4.78 is 2.66. The molecular formula is C48H31NS. The van der Waals surface area contributed by atoms with E-state index in [1.807, 2.05) is 11.3 Å². The molecule has 9 aromatic carbocycles. The van der Waals surface area contributed by atoms with Crippen molar-refractivity contribution < 1.29 is 0 Å². The summed E-state index contributed by atoms with van der Waals surface area (Å²) in [6, 6.07) is 68.7. The quantitative estimate of drug-likeness (QED) is 0.167. The van der Waals surface area contributed by atoms with Gasteiger partial charge >= 0.3 is 0 Å². The fourth-order valence-electron chi connectivity index (χ4n) is 7.66. The van der Waals surface area contributed by atoms with Gasteiger partial charge in [-0.2, -0.15) is 0 Å². The van der Waals surface area contributed by atoms with Crippen molar-refractivity contribution in [1.82, 2.24) is 0 Å². The smallest absolute Gasteiger partial charge is 0.0468 e. The number of benzene rings is 9. The number of thiophene rings is 1. The molecule has 0 unspecified atom stereocenters. The van der Waals surface area contributed by atoms with Crippen LogP contribution in [-0.4, -0.2) is 0 Å². The summed E-state index contributed by atoms with van der Waals surface area (Å²) in [5.41, 5.74) is 8.25. The zero-order chi connectivity index (χ0) is 33.0. The monoisotopic (exact) mass is 653 g/mol. The zero-order valence-electron chi connectivity index (χ0n) is 27.3. The fraction of sp³-hybridized carbons (Fsp3) is 0. The Morgan fingerprint density at radius 3 is 1.82 bits per heavy atom. The summed E-state index contributed by atoms with van der Waals surface area (Å²) >= 11 is 1.88. The minimum Gasteiger partial charge on any atom is -0.310 e. The van der Waals surface area contributed by atoms with Gasteiger partial charge in [-0.05, 0) is 103 Å². The van der Waals surface area contributed by atoms with E-state index in [2.05, 4.69) is 193 Å². The van der Waals surface area contributed by atoms with E-state index in [9.17, 15) is 0 Å². The Morgan fingerprint density at radius 2 is 0.960 bits per heavy atom. The van der Waals surface area contributed by atoms with Gasteiger partial charge in [0, 0.05) is 37.2 Å². The van der Waals surface area contributed by atoms with E-state index in [4.69, 9.17) is 0 Å². The van der Waals surface area contributed by atoms with E-state index in [1.165, 1.54) is 74.7 Å². The highest BCUT2D eigenvalue weighted by Crippen LogP contribution is 2.44. The molecule has 0 spiro atoms. The van der Waals surface area contributed by atoms with Crippen LogP contribution in [0.1, 0.15) is 0 Å². The van der Waals surface area contributed by atoms with Crippen LogP contribution in [0, 0.1) is 0 Å². The second-order valence-corrected chi connectivity index (χ2v) is 14.0. The standard InChI is InChI=1S/C48H31NS/c1-2-11-32(12-3-1)35-14-10-15-38(29-35)49(39-27-28-41-36(30-39)22-21-33-13-4-5-16-40(33)41)37-25-23-34(24-26-37)45-31-47-48(43-18-7-6-17-42(43)45)44-19-8-9-20-46(44)50-47/h1-31H. The number of fused-ring (bicyclic) bond motifs is 8. The molecule has 1 nitrogen and oxygen atoms in total. The van der Waals surface area contributed by atoms with Gasteiger partial charge < -0.3 is 4.90 Å². The van der Waals surface area contributed by atoms with Crippen LogP contribution in [-0.2, 0) is 0 Å². The van der Waals surface area contributed by atoms with Crippen LogP contribution in [0.2, 0.25) is 0 Å². The molecule has 1 heterocycles. The Hall–Kier alpha value is -6.22. The van der Waals surface area contributed by atoms with Gasteiger partial charge in [-0.3, -0.25) is 0 Å². The van der Waals surface area contributed by atoms with Gasteiger partial charge in [-0.25, -0.2) is 0 Å².